The average Bonchev–Trinajstić information content (AvgIpc) is 3.19. The lowest BCUT2D eigenvalue weighted by atomic mass is 9.66. The van der Waals surface area contributed by atoms with E-state index in [1.165, 1.54) is 0 Å². The predicted molar refractivity (Wildman–Crippen MR) is 90.2 cm³/mol. The van der Waals surface area contributed by atoms with Gasteiger partial charge in [-0.05, 0) is 36.0 Å². The second-order valence-corrected chi connectivity index (χ2v) is 7.71. The molecule has 2 heterocycles. The van der Waals surface area contributed by atoms with Gasteiger partial charge in [0.05, 0.1) is 42.2 Å². The zero-order valence-corrected chi connectivity index (χ0v) is 14.3. The number of rotatable bonds is 2. The van der Waals surface area contributed by atoms with E-state index >= 15 is 0 Å². The van der Waals surface area contributed by atoms with Crippen LogP contribution in [0.1, 0.15) is 38.7 Å². The monoisotopic (exact) mass is 325 g/mol. The zero-order chi connectivity index (χ0) is 16.8. The zero-order valence-electron chi connectivity index (χ0n) is 14.3. The van der Waals surface area contributed by atoms with Crippen LogP contribution in [0.15, 0.2) is 24.5 Å². The molecule has 2 fully saturated rings. The lowest BCUT2D eigenvalue weighted by molar-refractivity contribution is -0.205. The molecule has 126 valence electrons. The first-order chi connectivity index (χ1) is 11.5. The molecular weight excluding hydrogens is 302 g/mol. The Morgan fingerprint density at radius 1 is 1.29 bits per heavy atom. The molecule has 2 aromatic rings. The lowest BCUT2D eigenvalue weighted by Crippen LogP contribution is -2.45. The van der Waals surface area contributed by atoms with E-state index in [2.05, 4.69) is 29.5 Å². The van der Waals surface area contributed by atoms with Crippen molar-refractivity contribution in [1.82, 2.24) is 9.55 Å². The Hall–Kier alpha value is -1.90. The molecule has 0 bridgehead atoms. The van der Waals surface area contributed by atoms with Crippen LogP contribution in [0.5, 0.6) is 0 Å². The first-order valence-electron chi connectivity index (χ1n) is 8.64. The molecule has 1 aromatic carbocycles. The summed E-state index contributed by atoms with van der Waals surface area (Å²) in [6, 6.07) is 7.88. The summed E-state index contributed by atoms with van der Waals surface area (Å²) in [5.74, 6) is 0.0569. The van der Waals surface area contributed by atoms with Crippen molar-refractivity contribution in [3.8, 4) is 6.07 Å². The summed E-state index contributed by atoms with van der Waals surface area (Å²) in [5, 5.41) is 9.16. The molecule has 1 saturated carbocycles. The third-order valence-electron chi connectivity index (χ3n) is 5.79. The third kappa shape index (κ3) is 2.60. The first-order valence-corrected chi connectivity index (χ1v) is 8.64. The van der Waals surface area contributed by atoms with Gasteiger partial charge >= 0.3 is 0 Å². The van der Waals surface area contributed by atoms with Crippen LogP contribution in [0, 0.1) is 22.7 Å². The molecule has 4 rings (SSSR count). The Balaban J connectivity index is 1.64. The highest BCUT2D eigenvalue weighted by molar-refractivity contribution is 5.76. The van der Waals surface area contributed by atoms with Gasteiger partial charge in [0.25, 0.3) is 0 Å². The second-order valence-electron chi connectivity index (χ2n) is 7.71. The number of hydrogen-bond donors (Lipinski definition) is 0. The molecule has 1 aliphatic heterocycles. The fourth-order valence-electron chi connectivity index (χ4n) is 4.05. The Kier molecular flexibility index (Phi) is 3.63. The van der Waals surface area contributed by atoms with E-state index in [1.807, 2.05) is 24.5 Å². The van der Waals surface area contributed by atoms with Gasteiger partial charge in [-0.2, -0.15) is 5.26 Å². The van der Waals surface area contributed by atoms with Crippen LogP contribution < -0.4 is 0 Å². The summed E-state index contributed by atoms with van der Waals surface area (Å²) in [6.45, 7) is 6.94. The largest absolute Gasteiger partial charge is 0.348 e. The molecular formula is C19H23N3O2. The van der Waals surface area contributed by atoms with E-state index in [0.717, 1.165) is 36.8 Å². The highest BCUT2D eigenvalue weighted by Crippen LogP contribution is 2.48. The van der Waals surface area contributed by atoms with E-state index in [0.29, 0.717) is 24.7 Å². The van der Waals surface area contributed by atoms with Gasteiger partial charge in [-0.3, -0.25) is 0 Å². The van der Waals surface area contributed by atoms with Gasteiger partial charge in [0.15, 0.2) is 5.79 Å². The topological polar surface area (TPSA) is 60.1 Å². The van der Waals surface area contributed by atoms with Crippen LogP contribution in [-0.2, 0) is 16.0 Å². The second kappa shape index (κ2) is 5.58. The predicted octanol–water partition coefficient (Wildman–Crippen LogP) is 3.48. The van der Waals surface area contributed by atoms with Crippen molar-refractivity contribution in [2.24, 2.45) is 11.3 Å². The number of imidazole rings is 1. The minimum Gasteiger partial charge on any atom is -0.348 e. The standard InChI is InChI=1S/C19H23N3O2/c1-18(2)5-6-19(23-7-8-24-19)10-15(18)12-22-13-21-16-4-3-14(11-20)9-17(16)22/h3-4,9,13,15H,5-8,10,12H2,1-2H3/t15-/m0/s1. The molecule has 1 aliphatic carbocycles. The summed E-state index contributed by atoms with van der Waals surface area (Å²) >= 11 is 0. The van der Waals surface area contributed by atoms with Crippen molar-refractivity contribution < 1.29 is 9.47 Å². The molecule has 1 atom stereocenters. The lowest BCUT2D eigenvalue weighted by Gasteiger charge is -2.46. The van der Waals surface area contributed by atoms with Crippen molar-refractivity contribution in [2.45, 2.75) is 45.4 Å². The smallest absolute Gasteiger partial charge is 0.168 e. The number of aromatic nitrogens is 2. The Bertz CT molecular complexity index is 797. The van der Waals surface area contributed by atoms with Crippen molar-refractivity contribution in [1.29, 1.82) is 5.26 Å². The fraction of sp³-hybridized carbons (Fsp3) is 0.579. The Morgan fingerprint density at radius 3 is 2.83 bits per heavy atom. The maximum absolute atomic E-state index is 9.16. The highest BCUT2D eigenvalue weighted by atomic mass is 16.7. The molecule has 1 aromatic heterocycles. The molecule has 1 saturated heterocycles. The average molecular weight is 325 g/mol. The fourth-order valence-corrected chi connectivity index (χ4v) is 4.05. The summed E-state index contributed by atoms with van der Waals surface area (Å²) in [5.41, 5.74) is 2.86. The maximum atomic E-state index is 9.16. The number of nitriles is 1. The van der Waals surface area contributed by atoms with Gasteiger partial charge < -0.3 is 14.0 Å². The SMILES string of the molecule is CC1(C)CCC2(C[C@H]1Cn1cnc3ccc(C#N)cc31)OCCO2. The number of nitrogens with zero attached hydrogens (tertiary/aromatic N) is 3. The normalized spacial score (nSPS) is 25.1. The summed E-state index contributed by atoms with van der Waals surface area (Å²) < 4.78 is 14.1. The van der Waals surface area contributed by atoms with Crippen LogP contribution in [0.3, 0.4) is 0 Å². The van der Waals surface area contributed by atoms with Crippen molar-refractivity contribution in [3.63, 3.8) is 0 Å². The van der Waals surface area contributed by atoms with Gasteiger partial charge in [0, 0.05) is 19.4 Å². The van der Waals surface area contributed by atoms with E-state index in [9.17, 15) is 0 Å². The van der Waals surface area contributed by atoms with E-state index < -0.39 is 0 Å². The number of fused-ring (bicyclic) bond motifs is 1. The van der Waals surface area contributed by atoms with Crippen LogP contribution in [0.2, 0.25) is 0 Å². The van der Waals surface area contributed by atoms with E-state index in [-0.39, 0.29) is 11.2 Å². The first kappa shape index (κ1) is 15.6. The Morgan fingerprint density at radius 2 is 2.08 bits per heavy atom. The summed E-state index contributed by atoms with van der Waals surface area (Å²) in [6.07, 6.45) is 4.87. The molecule has 0 radical (unpaired) electrons. The van der Waals surface area contributed by atoms with Crippen LogP contribution >= 0.6 is 0 Å². The van der Waals surface area contributed by atoms with Gasteiger partial charge in [-0.15, -0.1) is 0 Å². The van der Waals surface area contributed by atoms with Crippen molar-refractivity contribution >= 4 is 11.0 Å². The van der Waals surface area contributed by atoms with Gasteiger partial charge in [0.2, 0.25) is 0 Å². The minimum absolute atomic E-state index is 0.226. The minimum atomic E-state index is -0.381. The van der Waals surface area contributed by atoms with Gasteiger partial charge in [0.1, 0.15) is 0 Å². The van der Waals surface area contributed by atoms with E-state index in [1.54, 1.807) is 0 Å². The van der Waals surface area contributed by atoms with E-state index in [4.69, 9.17) is 14.7 Å². The van der Waals surface area contributed by atoms with Crippen molar-refractivity contribution in [3.05, 3.63) is 30.1 Å². The van der Waals surface area contributed by atoms with Gasteiger partial charge in [-0.25, -0.2) is 4.98 Å². The molecule has 5 nitrogen and oxygen atoms in total. The van der Waals surface area contributed by atoms with Crippen LogP contribution in [0.4, 0.5) is 0 Å². The molecule has 0 N–H and O–H groups in total. The quantitative estimate of drug-likeness (QED) is 0.848. The summed E-state index contributed by atoms with van der Waals surface area (Å²) in [7, 11) is 0. The molecule has 2 aliphatic rings. The summed E-state index contributed by atoms with van der Waals surface area (Å²) in [4.78, 5) is 4.49. The molecule has 0 amide bonds. The Labute approximate surface area is 142 Å². The number of hydrogen-bond acceptors (Lipinski definition) is 4. The van der Waals surface area contributed by atoms with Crippen LogP contribution in [0.25, 0.3) is 11.0 Å². The number of benzene rings is 1. The third-order valence-corrected chi connectivity index (χ3v) is 5.79. The molecule has 5 heteroatoms. The highest BCUT2D eigenvalue weighted by Gasteiger charge is 2.48. The number of ether oxygens (including phenoxy) is 2. The molecule has 24 heavy (non-hydrogen) atoms. The van der Waals surface area contributed by atoms with Crippen LogP contribution in [-0.4, -0.2) is 28.6 Å². The van der Waals surface area contributed by atoms with Crippen molar-refractivity contribution in [2.75, 3.05) is 13.2 Å². The molecule has 1 spiro atoms. The molecule has 0 unspecified atom stereocenters. The van der Waals surface area contributed by atoms with Gasteiger partial charge in [-0.1, -0.05) is 13.8 Å². The maximum Gasteiger partial charge on any atom is 0.168 e.